The van der Waals surface area contributed by atoms with Gasteiger partial charge in [-0.2, -0.15) is 5.10 Å². The maximum atomic E-state index is 5.74. The van der Waals surface area contributed by atoms with Crippen molar-refractivity contribution in [3.05, 3.63) is 35.3 Å². The summed E-state index contributed by atoms with van der Waals surface area (Å²) in [5, 5.41) is 7.74. The van der Waals surface area contributed by atoms with E-state index in [-0.39, 0.29) is 0 Å². The number of aromatic nitrogens is 3. The average Bonchev–Trinajstić information content (AvgIpc) is 2.68. The molecule has 0 spiro atoms. The molecule has 0 saturated carbocycles. The van der Waals surface area contributed by atoms with Gasteiger partial charge < -0.3 is 11.1 Å². The number of aryl methyl sites for hydroxylation is 4. The lowest BCUT2D eigenvalue weighted by atomic mass is 10.2. The highest BCUT2D eigenvalue weighted by Crippen LogP contribution is 2.13. The summed E-state index contributed by atoms with van der Waals surface area (Å²) < 4.78 is 2.04. The predicted molar refractivity (Wildman–Crippen MR) is 78.2 cm³/mol. The molecule has 0 aliphatic rings. The number of nitrogens with zero attached hydrogens (tertiary/aromatic N) is 3. The van der Waals surface area contributed by atoms with Crippen molar-refractivity contribution in [3.8, 4) is 0 Å². The van der Waals surface area contributed by atoms with Gasteiger partial charge in [-0.1, -0.05) is 0 Å². The van der Waals surface area contributed by atoms with Gasteiger partial charge in [-0.3, -0.25) is 4.68 Å². The smallest absolute Gasteiger partial charge is 0.126 e. The van der Waals surface area contributed by atoms with Gasteiger partial charge in [0.05, 0.1) is 17.6 Å². The molecule has 0 amide bonds. The van der Waals surface area contributed by atoms with Gasteiger partial charge in [0.1, 0.15) is 5.82 Å². The Balaban J connectivity index is 1.80. The number of pyridine rings is 1. The molecule has 0 radical (unpaired) electrons. The van der Waals surface area contributed by atoms with Crippen LogP contribution in [0.15, 0.2) is 18.3 Å². The summed E-state index contributed by atoms with van der Waals surface area (Å²) in [6, 6.07) is 4.07. The number of hydrogen-bond donors (Lipinski definition) is 2. The fraction of sp³-hybridized carbons (Fsp3) is 0.429. The molecule has 5 heteroatoms. The predicted octanol–water partition coefficient (Wildman–Crippen LogP) is 2.29. The summed E-state index contributed by atoms with van der Waals surface area (Å²) in [6.07, 6.45) is 2.70. The van der Waals surface area contributed by atoms with E-state index in [1.807, 2.05) is 24.6 Å². The Hall–Kier alpha value is -2.04. The molecule has 0 unspecified atom stereocenters. The molecule has 0 aliphatic carbocycles. The number of nitrogens with two attached hydrogens (primary N) is 1. The van der Waals surface area contributed by atoms with Crippen molar-refractivity contribution in [3.63, 3.8) is 0 Å². The summed E-state index contributed by atoms with van der Waals surface area (Å²) >= 11 is 0. The second kappa shape index (κ2) is 5.73. The maximum absolute atomic E-state index is 5.74. The second-order valence-electron chi connectivity index (χ2n) is 4.86. The Morgan fingerprint density at radius 1 is 1.26 bits per heavy atom. The van der Waals surface area contributed by atoms with Crippen LogP contribution >= 0.6 is 0 Å². The molecule has 102 valence electrons. The zero-order valence-electron chi connectivity index (χ0n) is 11.8. The van der Waals surface area contributed by atoms with Gasteiger partial charge in [0.2, 0.25) is 0 Å². The quantitative estimate of drug-likeness (QED) is 0.808. The van der Waals surface area contributed by atoms with E-state index in [0.29, 0.717) is 0 Å². The first-order chi connectivity index (χ1) is 9.06. The topological polar surface area (TPSA) is 68.8 Å². The van der Waals surface area contributed by atoms with Crippen molar-refractivity contribution in [2.75, 3.05) is 17.6 Å². The number of anilines is 2. The van der Waals surface area contributed by atoms with Crippen molar-refractivity contribution in [2.24, 2.45) is 0 Å². The molecule has 2 heterocycles. The van der Waals surface area contributed by atoms with Crippen LogP contribution in [-0.2, 0) is 6.54 Å². The lowest BCUT2D eigenvalue weighted by Gasteiger charge is -2.08. The minimum Gasteiger partial charge on any atom is -0.397 e. The van der Waals surface area contributed by atoms with Gasteiger partial charge in [0, 0.05) is 18.8 Å². The fourth-order valence-electron chi connectivity index (χ4n) is 2.01. The van der Waals surface area contributed by atoms with Crippen LogP contribution in [0.25, 0.3) is 0 Å². The highest BCUT2D eigenvalue weighted by molar-refractivity contribution is 5.50. The molecule has 3 N–H and O–H groups in total. The summed E-state index contributed by atoms with van der Waals surface area (Å²) in [6.45, 7) is 7.87. The van der Waals surface area contributed by atoms with Gasteiger partial charge in [-0.05, 0) is 44.9 Å². The lowest BCUT2D eigenvalue weighted by Crippen LogP contribution is -2.10. The van der Waals surface area contributed by atoms with Crippen LogP contribution in [-0.4, -0.2) is 21.3 Å². The first-order valence-electron chi connectivity index (χ1n) is 6.53. The van der Waals surface area contributed by atoms with Crippen molar-refractivity contribution < 1.29 is 0 Å². The van der Waals surface area contributed by atoms with Gasteiger partial charge in [0.15, 0.2) is 0 Å². The first-order valence-corrected chi connectivity index (χ1v) is 6.53. The molecule has 0 aromatic carbocycles. The van der Waals surface area contributed by atoms with Crippen LogP contribution in [0.5, 0.6) is 0 Å². The van der Waals surface area contributed by atoms with E-state index in [0.717, 1.165) is 42.3 Å². The van der Waals surface area contributed by atoms with Crippen LogP contribution in [0.1, 0.15) is 23.4 Å². The fourth-order valence-corrected chi connectivity index (χ4v) is 2.01. The summed E-state index contributed by atoms with van der Waals surface area (Å²) in [4.78, 5) is 4.25. The minimum absolute atomic E-state index is 0.730. The highest BCUT2D eigenvalue weighted by Gasteiger charge is 2.01. The Kier molecular flexibility index (Phi) is 4.04. The van der Waals surface area contributed by atoms with Gasteiger partial charge >= 0.3 is 0 Å². The van der Waals surface area contributed by atoms with Crippen LogP contribution in [0, 0.1) is 20.8 Å². The van der Waals surface area contributed by atoms with Crippen LogP contribution in [0.4, 0.5) is 11.5 Å². The third kappa shape index (κ3) is 3.47. The van der Waals surface area contributed by atoms with Crippen LogP contribution in [0.2, 0.25) is 0 Å². The molecule has 0 bridgehead atoms. The second-order valence-corrected chi connectivity index (χ2v) is 4.86. The van der Waals surface area contributed by atoms with E-state index in [2.05, 4.69) is 28.4 Å². The zero-order valence-corrected chi connectivity index (χ0v) is 11.8. The number of nitrogens with one attached hydrogen (secondary N) is 1. The first kappa shape index (κ1) is 13.4. The van der Waals surface area contributed by atoms with Gasteiger partial charge in [0.25, 0.3) is 0 Å². The zero-order chi connectivity index (χ0) is 13.8. The number of hydrogen-bond acceptors (Lipinski definition) is 4. The molecule has 0 fully saturated rings. The highest BCUT2D eigenvalue weighted by atomic mass is 15.3. The molecule has 2 aromatic rings. The maximum Gasteiger partial charge on any atom is 0.126 e. The van der Waals surface area contributed by atoms with Crippen molar-refractivity contribution in [2.45, 2.75) is 33.7 Å². The average molecular weight is 259 g/mol. The molecule has 2 rings (SSSR count). The van der Waals surface area contributed by atoms with E-state index in [9.17, 15) is 0 Å². The molecule has 5 nitrogen and oxygen atoms in total. The SMILES string of the molecule is Cc1cc(C)n(CCCNc2cc(C)c(N)cn2)n1. The number of rotatable bonds is 5. The Bertz CT molecular complexity index is 559. The Morgan fingerprint density at radius 2 is 2.05 bits per heavy atom. The van der Waals surface area contributed by atoms with Gasteiger partial charge in [-0.15, -0.1) is 0 Å². The van der Waals surface area contributed by atoms with E-state index in [1.54, 1.807) is 6.20 Å². The summed E-state index contributed by atoms with van der Waals surface area (Å²) in [7, 11) is 0. The standard InChI is InChI=1S/C14H21N5/c1-10-7-14(17-9-13(10)15)16-5-4-6-19-12(3)8-11(2)18-19/h7-9H,4-6,15H2,1-3H3,(H,16,17). The Labute approximate surface area is 113 Å². The van der Waals surface area contributed by atoms with Crippen molar-refractivity contribution >= 4 is 11.5 Å². The molecule has 19 heavy (non-hydrogen) atoms. The monoisotopic (exact) mass is 259 g/mol. The Morgan fingerprint density at radius 3 is 2.68 bits per heavy atom. The number of nitrogen functional groups attached to an aromatic ring is 1. The molecular formula is C14H21N5. The van der Waals surface area contributed by atoms with Crippen LogP contribution < -0.4 is 11.1 Å². The van der Waals surface area contributed by atoms with Crippen molar-refractivity contribution in [1.82, 2.24) is 14.8 Å². The molecular weight excluding hydrogens is 238 g/mol. The molecule has 2 aromatic heterocycles. The third-order valence-corrected chi connectivity index (χ3v) is 3.11. The van der Waals surface area contributed by atoms with Crippen LogP contribution in [0.3, 0.4) is 0 Å². The molecule has 0 atom stereocenters. The minimum atomic E-state index is 0.730. The van der Waals surface area contributed by atoms with E-state index in [1.165, 1.54) is 5.69 Å². The van der Waals surface area contributed by atoms with Gasteiger partial charge in [-0.25, -0.2) is 4.98 Å². The lowest BCUT2D eigenvalue weighted by molar-refractivity contribution is 0.573. The van der Waals surface area contributed by atoms with Crippen molar-refractivity contribution in [1.29, 1.82) is 0 Å². The normalized spacial score (nSPS) is 10.7. The summed E-state index contributed by atoms with van der Waals surface area (Å²) in [5.41, 5.74) is 9.80. The van der Waals surface area contributed by atoms with E-state index < -0.39 is 0 Å². The third-order valence-electron chi connectivity index (χ3n) is 3.11. The molecule has 0 saturated heterocycles. The largest absolute Gasteiger partial charge is 0.397 e. The summed E-state index contributed by atoms with van der Waals surface area (Å²) in [5.74, 6) is 0.875. The van der Waals surface area contributed by atoms with E-state index >= 15 is 0 Å². The van der Waals surface area contributed by atoms with E-state index in [4.69, 9.17) is 5.73 Å². The molecule has 0 aliphatic heterocycles.